The summed E-state index contributed by atoms with van der Waals surface area (Å²) in [5, 5.41) is 16.5. The first-order chi connectivity index (χ1) is 9.17. The monoisotopic (exact) mass is 320 g/mol. The van der Waals surface area contributed by atoms with E-state index >= 15 is 0 Å². The minimum atomic E-state index is 0.288. The zero-order chi connectivity index (χ0) is 13.8. The van der Waals surface area contributed by atoms with Crippen LogP contribution in [0.4, 0.5) is 11.6 Å². The summed E-state index contributed by atoms with van der Waals surface area (Å²) in [4.78, 5) is 4.21. The lowest BCUT2D eigenvalue weighted by molar-refractivity contribution is 0.850. The SMILES string of the molecule is CCCNc1nn(-c2ccc(Br)cn2)c(N)c1C#N. The molecule has 2 aromatic heterocycles. The summed E-state index contributed by atoms with van der Waals surface area (Å²) in [7, 11) is 0. The number of aromatic nitrogens is 3. The molecule has 0 atom stereocenters. The Bertz CT molecular complexity index is 610. The number of nitrogens with one attached hydrogen (secondary N) is 1. The highest BCUT2D eigenvalue weighted by atomic mass is 79.9. The molecule has 0 bridgehead atoms. The molecule has 0 unspecified atom stereocenters. The number of hydrogen-bond acceptors (Lipinski definition) is 5. The van der Waals surface area contributed by atoms with E-state index in [1.165, 1.54) is 4.68 Å². The fourth-order valence-electron chi connectivity index (χ4n) is 1.58. The molecule has 98 valence electrons. The van der Waals surface area contributed by atoms with Crippen molar-refractivity contribution in [3.63, 3.8) is 0 Å². The molecule has 0 spiro atoms. The molecule has 0 amide bonds. The zero-order valence-electron chi connectivity index (χ0n) is 10.4. The minimum absolute atomic E-state index is 0.288. The minimum Gasteiger partial charge on any atom is -0.382 e. The van der Waals surface area contributed by atoms with E-state index in [1.54, 1.807) is 12.3 Å². The molecular weight excluding hydrogens is 308 g/mol. The van der Waals surface area contributed by atoms with E-state index in [-0.39, 0.29) is 5.82 Å². The lowest BCUT2D eigenvalue weighted by atomic mass is 10.3. The largest absolute Gasteiger partial charge is 0.382 e. The molecule has 2 rings (SSSR count). The third-order valence-electron chi connectivity index (χ3n) is 2.50. The number of halogens is 1. The Morgan fingerprint density at radius 3 is 2.89 bits per heavy atom. The highest BCUT2D eigenvalue weighted by Crippen LogP contribution is 2.23. The van der Waals surface area contributed by atoms with Crippen molar-refractivity contribution in [1.82, 2.24) is 14.8 Å². The Morgan fingerprint density at radius 2 is 2.32 bits per heavy atom. The van der Waals surface area contributed by atoms with Crippen molar-refractivity contribution in [2.24, 2.45) is 0 Å². The van der Waals surface area contributed by atoms with Crippen LogP contribution < -0.4 is 11.1 Å². The number of pyridine rings is 1. The second-order valence-electron chi connectivity index (χ2n) is 3.89. The first kappa shape index (κ1) is 13.4. The van der Waals surface area contributed by atoms with Gasteiger partial charge in [-0.2, -0.15) is 9.94 Å². The van der Waals surface area contributed by atoms with Gasteiger partial charge in [0.15, 0.2) is 11.6 Å². The fraction of sp³-hybridized carbons (Fsp3) is 0.250. The third-order valence-corrected chi connectivity index (χ3v) is 2.97. The number of rotatable bonds is 4. The van der Waals surface area contributed by atoms with Crippen LogP contribution in [0.15, 0.2) is 22.8 Å². The van der Waals surface area contributed by atoms with Crippen molar-refractivity contribution >= 4 is 27.6 Å². The van der Waals surface area contributed by atoms with Gasteiger partial charge < -0.3 is 11.1 Å². The molecule has 0 fully saturated rings. The Morgan fingerprint density at radius 1 is 1.53 bits per heavy atom. The number of hydrogen-bond donors (Lipinski definition) is 2. The third kappa shape index (κ3) is 2.69. The second kappa shape index (κ2) is 5.71. The fourth-order valence-corrected chi connectivity index (χ4v) is 1.81. The van der Waals surface area contributed by atoms with E-state index < -0.39 is 0 Å². The molecule has 0 radical (unpaired) electrons. The summed E-state index contributed by atoms with van der Waals surface area (Å²) in [6, 6.07) is 5.68. The molecule has 2 aromatic rings. The van der Waals surface area contributed by atoms with Gasteiger partial charge in [-0.15, -0.1) is 5.10 Å². The molecule has 2 heterocycles. The molecule has 0 aliphatic heterocycles. The van der Waals surface area contributed by atoms with Crippen LogP contribution in [-0.2, 0) is 0 Å². The Kier molecular flexibility index (Phi) is 4.02. The number of anilines is 2. The summed E-state index contributed by atoms with van der Waals surface area (Å²) in [5.41, 5.74) is 6.29. The molecular formula is C12H13BrN6. The first-order valence-corrected chi connectivity index (χ1v) is 6.61. The molecule has 0 saturated heterocycles. The van der Waals surface area contributed by atoms with Gasteiger partial charge in [0.2, 0.25) is 0 Å². The van der Waals surface area contributed by atoms with E-state index in [9.17, 15) is 0 Å². The molecule has 0 aliphatic rings. The lowest BCUT2D eigenvalue weighted by Gasteiger charge is -2.02. The van der Waals surface area contributed by atoms with E-state index in [2.05, 4.69) is 37.4 Å². The highest BCUT2D eigenvalue weighted by molar-refractivity contribution is 9.10. The summed E-state index contributed by atoms with van der Waals surface area (Å²) >= 11 is 3.32. The second-order valence-corrected chi connectivity index (χ2v) is 4.81. The van der Waals surface area contributed by atoms with Gasteiger partial charge in [0.1, 0.15) is 17.5 Å². The van der Waals surface area contributed by atoms with Crippen LogP contribution in [0, 0.1) is 11.3 Å². The lowest BCUT2D eigenvalue weighted by Crippen LogP contribution is -2.05. The van der Waals surface area contributed by atoms with Crippen LogP contribution >= 0.6 is 15.9 Å². The number of nitrogens with zero attached hydrogens (tertiary/aromatic N) is 4. The summed E-state index contributed by atoms with van der Waals surface area (Å²) in [5.74, 6) is 1.35. The summed E-state index contributed by atoms with van der Waals surface area (Å²) < 4.78 is 2.33. The maximum atomic E-state index is 9.15. The van der Waals surface area contributed by atoms with Crippen LogP contribution in [0.5, 0.6) is 0 Å². The standard InChI is InChI=1S/C12H13BrN6/c1-2-5-16-12-9(6-14)11(15)19(18-12)10-4-3-8(13)7-17-10/h3-4,7H,2,5,15H2,1H3,(H,16,18). The van der Waals surface area contributed by atoms with Crippen molar-refractivity contribution < 1.29 is 0 Å². The summed E-state index contributed by atoms with van der Waals surface area (Å²) in [6.07, 6.45) is 2.59. The van der Waals surface area contributed by atoms with E-state index in [1.807, 2.05) is 13.0 Å². The molecule has 7 heteroatoms. The molecule has 0 saturated carbocycles. The van der Waals surface area contributed by atoms with E-state index in [0.717, 1.165) is 17.4 Å². The van der Waals surface area contributed by atoms with Gasteiger partial charge in [-0.3, -0.25) is 0 Å². The number of nitrogens with two attached hydrogens (primary N) is 1. The maximum absolute atomic E-state index is 9.15. The molecule has 19 heavy (non-hydrogen) atoms. The van der Waals surface area contributed by atoms with Crippen molar-refractivity contribution in [1.29, 1.82) is 5.26 Å². The molecule has 0 aliphatic carbocycles. The maximum Gasteiger partial charge on any atom is 0.168 e. The van der Waals surface area contributed by atoms with Crippen LogP contribution in [0.25, 0.3) is 5.82 Å². The van der Waals surface area contributed by atoms with E-state index in [4.69, 9.17) is 11.0 Å². The van der Waals surface area contributed by atoms with Gasteiger partial charge in [-0.1, -0.05) is 6.92 Å². The van der Waals surface area contributed by atoms with Gasteiger partial charge in [-0.05, 0) is 34.5 Å². The van der Waals surface area contributed by atoms with Crippen LogP contribution in [0.3, 0.4) is 0 Å². The highest BCUT2D eigenvalue weighted by Gasteiger charge is 2.16. The van der Waals surface area contributed by atoms with Crippen LogP contribution in [0.2, 0.25) is 0 Å². The molecule has 3 N–H and O–H groups in total. The van der Waals surface area contributed by atoms with Gasteiger partial charge in [0.05, 0.1) is 0 Å². The first-order valence-electron chi connectivity index (χ1n) is 5.81. The topological polar surface area (TPSA) is 92.6 Å². The Balaban J connectivity index is 2.44. The van der Waals surface area contributed by atoms with Gasteiger partial charge in [-0.25, -0.2) is 4.98 Å². The summed E-state index contributed by atoms with van der Waals surface area (Å²) in [6.45, 7) is 2.77. The van der Waals surface area contributed by atoms with Crippen LogP contribution in [0.1, 0.15) is 18.9 Å². The van der Waals surface area contributed by atoms with Crippen molar-refractivity contribution in [2.75, 3.05) is 17.6 Å². The average Bonchev–Trinajstić information content (AvgIpc) is 2.73. The van der Waals surface area contributed by atoms with Crippen molar-refractivity contribution in [2.45, 2.75) is 13.3 Å². The predicted octanol–water partition coefficient (Wildman–Crippen LogP) is 2.31. The van der Waals surface area contributed by atoms with Crippen LogP contribution in [-0.4, -0.2) is 21.3 Å². The predicted molar refractivity (Wildman–Crippen MR) is 77.0 cm³/mol. The zero-order valence-corrected chi connectivity index (χ0v) is 12.0. The Labute approximate surface area is 119 Å². The number of nitriles is 1. The quantitative estimate of drug-likeness (QED) is 0.901. The smallest absolute Gasteiger partial charge is 0.168 e. The van der Waals surface area contributed by atoms with Crippen molar-refractivity contribution in [3.8, 4) is 11.9 Å². The van der Waals surface area contributed by atoms with Crippen molar-refractivity contribution in [3.05, 3.63) is 28.4 Å². The van der Waals surface area contributed by atoms with Gasteiger partial charge in [0, 0.05) is 17.2 Å². The number of nitrogen functional groups attached to an aromatic ring is 1. The average molecular weight is 321 g/mol. The molecule has 6 nitrogen and oxygen atoms in total. The molecule has 0 aromatic carbocycles. The van der Waals surface area contributed by atoms with E-state index in [0.29, 0.717) is 17.2 Å². The normalized spacial score (nSPS) is 10.2. The van der Waals surface area contributed by atoms with Gasteiger partial charge in [0.25, 0.3) is 0 Å². The van der Waals surface area contributed by atoms with Gasteiger partial charge >= 0.3 is 0 Å². The Hall–Kier alpha value is -2.07.